The van der Waals surface area contributed by atoms with Crippen LogP contribution >= 0.6 is 0 Å². The Kier molecular flexibility index (Phi) is 5.63. The van der Waals surface area contributed by atoms with Crippen LogP contribution in [0.2, 0.25) is 0 Å². The fourth-order valence-corrected chi connectivity index (χ4v) is 2.62. The van der Waals surface area contributed by atoms with Crippen molar-refractivity contribution in [3.63, 3.8) is 0 Å². The first-order chi connectivity index (χ1) is 13.9. The number of nitrogens with one attached hydrogen (secondary N) is 1. The molecule has 0 fully saturated rings. The Morgan fingerprint density at radius 3 is 2.72 bits per heavy atom. The third-order valence-electron chi connectivity index (χ3n) is 4.18. The summed E-state index contributed by atoms with van der Waals surface area (Å²) in [6.45, 7) is 1.52. The number of nitro groups is 1. The molecule has 29 heavy (non-hydrogen) atoms. The number of ether oxygens (including phenoxy) is 1. The van der Waals surface area contributed by atoms with Crippen molar-refractivity contribution in [2.45, 2.75) is 13.0 Å². The van der Waals surface area contributed by atoms with Crippen molar-refractivity contribution in [1.82, 2.24) is 14.8 Å². The van der Waals surface area contributed by atoms with E-state index in [1.165, 1.54) is 38.3 Å². The van der Waals surface area contributed by atoms with Crippen molar-refractivity contribution < 1.29 is 14.5 Å². The first kappa shape index (κ1) is 19.7. The first-order valence-electron chi connectivity index (χ1n) is 8.54. The van der Waals surface area contributed by atoms with Crippen molar-refractivity contribution in [2.24, 2.45) is 0 Å². The molecule has 0 saturated carbocycles. The van der Waals surface area contributed by atoms with Crippen molar-refractivity contribution in [1.29, 1.82) is 0 Å². The first-order valence-corrected chi connectivity index (χ1v) is 8.54. The maximum Gasteiger partial charge on any atom is 0.273 e. The molecule has 2 aromatic heterocycles. The SMILES string of the molecule is COc1cc([N+](=O)[O-])ccc1NC(=O)C(C)n1nc(-c2cccnc2)ccc1=O. The van der Waals surface area contributed by atoms with Gasteiger partial charge in [0.25, 0.3) is 11.2 Å². The lowest BCUT2D eigenvalue weighted by molar-refractivity contribution is -0.384. The molecule has 0 bridgehead atoms. The van der Waals surface area contributed by atoms with Crippen LogP contribution in [0.25, 0.3) is 11.3 Å². The summed E-state index contributed by atoms with van der Waals surface area (Å²) < 4.78 is 6.18. The molecule has 10 nitrogen and oxygen atoms in total. The minimum atomic E-state index is -0.945. The fraction of sp³-hybridized carbons (Fsp3) is 0.158. The fourth-order valence-electron chi connectivity index (χ4n) is 2.62. The topological polar surface area (TPSA) is 129 Å². The van der Waals surface area contributed by atoms with Crippen LogP contribution in [0.4, 0.5) is 11.4 Å². The molecule has 0 saturated heterocycles. The normalized spacial score (nSPS) is 11.5. The molecule has 2 heterocycles. The van der Waals surface area contributed by atoms with Gasteiger partial charge < -0.3 is 10.1 Å². The zero-order valence-electron chi connectivity index (χ0n) is 15.6. The van der Waals surface area contributed by atoms with Gasteiger partial charge in [0, 0.05) is 30.1 Å². The zero-order valence-corrected chi connectivity index (χ0v) is 15.6. The second-order valence-corrected chi connectivity index (χ2v) is 6.05. The number of rotatable bonds is 6. The smallest absolute Gasteiger partial charge is 0.273 e. The number of anilines is 1. The van der Waals surface area contributed by atoms with Crippen molar-refractivity contribution in [3.8, 4) is 17.0 Å². The Balaban J connectivity index is 1.87. The number of carbonyl (C=O) groups excluding carboxylic acids is 1. The Morgan fingerprint density at radius 2 is 2.07 bits per heavy atom. The summed E-state index contributed by atoms with van der Waals surface area (Å²) in [5.74, 6) is -0.403. The number of pyridine rings is 1. The summed E-state index contributed by atoms with van der Waals surface area (Å²) in [5, 5.41) is 17.8. The van der Waals surface area contributed by atoms with E-state index in [-0.39, 0.29) is 17.1 Å². The van der Waals surface area contributed by atoms with Gasteiger partial charge in [-0.3, -0.25) is 24.7 Å². The van der Waals surface area contributed by atoms with Crippen LogP contribution in [0.15, 0.2) is 59.7 Å². The third kappa shape index (κ3) is 4.26. The van der Waals surface area contributed by atoms with Gasteiger partial charge in [-0.25, -0.2) is 4.68 Å². The quantitative estimate of drug-likeness (QED) is 0.501. The van der Waals surface area contributed by atoms with Gasteiger partial charge in [0.05, 0.1) is 29.5 Å². The highest BCUT2D eigenvalue weighted by molar-refractivity contribution is 5.95. The van der Waals surface area contributed by atoms with Crippen LogP contribution in [0.1, 0.15) is 13.0 Å². The lowest BCUT2D eigenvalue weighted by atomic mass is 10.2. The molecule has 1 N–H and O–H groups in total. The maximum absolute atomic E-state index is 12.7. The van der Waals surface area contributed by atoms with Gasteiger partial charge in [0.1, 0.15) is 11.8 Å². The molecule has 1 aromatic carbocycles. The summed E-state index contributed by atoms with van der Waals surface area (Å²) in [5.41, 5.74) is 0.813. The Morgan fingerprint density at radius 1 is 1.28 bits per heavy atom. The molecule has 1 atom stereocenters. The van der Waals surface area contributed by atoms with Gasteiger partial charge in [-0.2, -0.15) is 5.10 Å². The average Bonchev–Trinajstić information content (AvgIpc) is 2.74. The highest BCUT2D eigenvalue weighted by atomic mass is 16.6. The number of non-ortho nitro benzene ring substituents is 1. The number of aromatic nitrogens is 3. The minimum absolute atomic E-state index is 0.129. The highest BCUT2D eigenvalue weighted by Crippen LogP contribution is 2.29. The van der Waals surface area contributed by atoms with Crippen molar-refractivity contribution >= 4 is 17.3 Å². The molecule has 0 aliphatic carbocycles. The Hall–Kier alpha value is -4.08. The predicted molar refractivity (Wildman–Crippen MR) is 105 cm³/mol. The second-order valence-electron chi connectivity index (χ2n) is 6.05. The maximum atomic E-state index is 12.7. The molecule has 1 amide bonds. The number of hydrogen-bond acceptors (Lipinski definition) is 7. The predicted octanol–water partition coefficient (Wildman–Crippen LogP) is 2.42. The number of nitro benzene ring substituents is 1. The Labute approximate surface area is 164 Å². The molecule has 0 aliphatic rings. The van der Waals surface area contributed by atoms with Crippen LogP contribution in [-0.2, 0) is 4.79 Å². The highest BCUT2D eigenvalue weighted by Gasteiger charge is 2.20. The van der Waals surface area contributed by atoms with E-state index in [4.69, 9.17) is 4.74 Å². The lowest BCUT2D eigenvalue weighted by Gasteiger charge is -2.16. The van der Waals surface area contributed by atoms with Gasteiger partial charge in [-0.05, 0) is 31.2 Å². The number of hydrogen-bond donors (Lipinski definition) is 1. The monoisotopic (exact) mass is 395 g/mol. The standard InChI is InChI=1S/C19H17N5O5/c1-12(19(26)21-16-6-5-14(24(27)28)10-17(16)29-2)23-18(25)8-7-15(22-23)13-4-3-9-20-11-13/h3-12H,1-2H3,(H,21,26). The van der Waals surface area contributed by atoms with Gasteiger partial charge >= 0.3 is 0 Å². The van der Waals surface area contributed by atoms with Crippen LogP contribution in [-0.4, -0.2) is 32.7 Å². The van der Waals surface area contributed by atoms with Crippen LogP contribution < -0.4 is 15.6 Å². The van der Waals surface area contributed by atoms with E-state index in [1.54, 1.807) is 30.6 Å². The summed E-state index contributed by atoms with van der Waals surface area (Å²) >= 11 is 0. The second kappa shape index (κ2) is 8.30. The molecule has 148 valence electrons. The Bertz CT molecular complexity index is 1110. The summed E-state index contributed by atoms with van der Waals surface area (Å²) in [6.07, 6.45) is 3.22. The van der Waals surface area contributed by atoms with Gasteiger partial charge in [-0.1, -0.05) is 0 Å². The number of benzene rings is 1. The molecule has 1 unspecified atom stereocenters. The molecule has 0 spiro atoms. The van der Waals surface area contributed by atoms with Gasteiger partial charge in [0.15, 0.2) is 0 Å². The molecular weight excluding hydrogens is 378 g/mol. The number of nitrogens with zero attached hydrogens (tertiary/aromatic N) is 4. The zero-order chi connectivity index (χ0) is 21.0. The van der Waals surface area contributed by atoms with E-state index >= 15 is 0 Å². The van der Waals surface area contributed by atoms with E-state index in [9.17, 15) is 19.7 Å². The van der Waals surface area contributed by atoms with Crippen molar-refractivity contribution in [3.05, 3.63) is 75.3 Å². The van der Waals surface area contributed by atoms with Crippen LogP contribution in [0.5, 0.6) is 5.75 Å². The molecule has 3 aromatic rings. The third-order valence-corrected chi connectivity index (χ3v) is 4.18. The van der Waals surface area contributed by atoms with Gasteiger partial charge in [-0.15, -0.1) is 0 Å². The number of amides is 1. The number of methoxy groups -OCH3 is 1. The molecule has 10 heteroatoms. The number of carbonyl (C=O) groups is 1. The van der Waals surface area contributed by atoms with E-state index in [1.807, 2.05) is 0 Å². The largest absolute Gasteiger partial charge is 0.494 e. The lowest BCUT2D eigenvalue weighted by Crippen LogP contribution is -2.33. The molecule has 0 aliphatic heterocycles. The van der Waals surface area contributed by atoms with E-state index < -0.39 is 22.4 Å². The average molecular weight is 395 g/mol. The molecule has 3 rings (SSSR count). The summed E-state index contributed by atoms with van der Waals surface area (Å²) in [4.78, 5) is 39.3. The van der Waals surface area contributed by atoms with E-state index in [0.717, 1.165) is 4.68 Å². The summed E-state index contributed by atoms with van der Waals surface area (Å²) in [7, 11) is 1.33. The minimum Gasteiger partial charge on any atom is -0.494 e. The summed E-state index contributed by atoms with van der Waals surface area (Å²) in [6, 6.07) is 9.28. The molecule has 0 radical (unpaired) electrons. The molecular formula is C19H17N5O5. The van der Waals surface area contributed by atoms with Crippen LogP contribution in [0.3, 0.4) is 0 Å². The van der Waals surface area contributed by atoms with Gasteiger partial charge in [0.2, 0.25) is 5.91 Å². The van der Waals surface area contributed by atoms with Crippen molar-refractivity contribution in [2.75, 3.05) is 12.4 Å². The van der Waals surface area contributed by atoms with E-state index in [0.29, 0.717) is 11.3 Å². The van der Waals surface area contributed by atoms with E-state index in [2.05, 4.69) is 15.4 Å². The van der Waals surface area contributed by atoms with Crippen LogP contribution in [0, 0.1) is 10.1 Å².